The quantitative estimate of drug-likeness (QED) is 0.859. The third kappa shape index (κ3) is 2.44. The number of carbonyl (C=O) groups is 1. The Morgan fingerprint density at radius 1 is 1.38 bits per heavy atom. The Morgan fingerprint density at radius 2 is 1.95 bits per heavy atom. The van der Waals surface area contributed by atoms with Crippen LogP contribution in [0.4, 0.5) is 4.39 Å². The summed E-state index contributed by atoms with van der Waals surface area (Å²) in [6, 6.07) is 5.25. The van der Waals surface area contributed by atoms with Crippen LogP contribution in [0.15, 0.2) is 24.3 Å². The zero-order chi connectivity index (χ0) is 15.8. The molecule has 1 aliphatic carbocycles. The molecule has 0 aliphatic heterocycles. The fourth-order valence-electron chi connectivity index (χ4n) is 2.98. The summed E-state index contributed by atoms with van der Waals surface area (Å²) in [6.07, 6.45) is 0. The number of benzene rings is 1. The fraction of sp³-hybridized carbons (Fsp3) is 0.500. The molecule has 3 atom stereocenters. The molecule has 0 unspecified atom stereocenters. The SMILES string of the molecule is CCS(=O)(=O)[C@H]1[C@H](c2ccc(F)cc2)[C@@]1(COC)C(=O)O. The summed E-state index contributed by atoms with van der Waals surface area (Å²) in [5.41, 5.74) is -1.00. The van der Waals surface area contributed by atoms with Crippen LogP contribution in [0.1, 0.15) is 18.4 Å². The van der Waals surface area contributed by atoms with E-state index in [2.05, 4.69) is 0 Å². The summed E-state index contributed by atoms with van der Waals surface area (Å²) >= 11 is 0. The molecule has 0 radical (unpaired) electrons. The predicted octanol–water partition coefficient (Wildman–Crippen LogP) is 1.44. The third-order valence-corrected chi connectivity index (χ3v) is 6.33. The number of hydrogen-bond acceptors (Lipinski definition) is 4. The second-order valence-electron chi connectivity index (χ2n) is 5.18. The second kappa shape index (κ2) is 5.38. The fourth-order valence-corrected chi connectivity index (χ4v) is 5.03. The molecule has 116 valence electrons. The zero-order valence-corrected chi connectivity index (χ0v) is 12.6. The van der Waals surface area contributed by atoms with E-state index in [9.17, 15) is 22.7 Å². The largest absolute Gasteiger partial charge is 0.481 e. The van der Waals surface area contributed by atoms with Crippen LogP contribution < -0.4 is 0 Å². The van der Waals surface area contributed by atoms with Gasteiger partial charge in [0.15, 0.2) is 9.84 Å². The number of methoxy groups -OCH3 is 1. The van der Waals surface area contributed by atoms with E-state index in [4.69, 9.17) is 4.74 Å². The Labute approximate surface area is 122 Å². The molecular weight excluding hydrogens is 299 g/mol. The number of carboxylic acids is 1. The van der Waals surface area contributed by atoms with E-state index in [0.717, 1.165) is 0 Å². The number of aliphatic carboxylic acids is 1. The first kappa shape index (κ1) is 15.9. The first-order chi connectivity index (χ1) is 9.81. The number of carboxylic acid groups (broad SMARTS) is 1. The molecule has 1 fully saturated rings. The van der Waals surface area contributed by atoms with Gasteiger partial charge >= 0.3 is 5.97 Å². The third-order valence-electron chi connectivity index (χ3n) is 4.06. The van der Waals surface area contributed by atoms with E-state index < -0.39 is 38.2 Å². The van der Waals surface area contributed by atoms with E-state index in [1.807, 2.05) is 0 Å². The van der Waals surface area contributed by atoms with Crippen LogP contribution in [0.3, 0.4) is 0 Å². The molecule has 0 saturated heterocycles. The van der Waals surface area contributed by atoms with Crippen LogP contribution in [-0.4, -0.2) is 44.2 Å². The van der Waals surface area contributed by atoms with E-state index in [1.165, 1.54) is 38.3 Å². The molecule has 1 N–H and O–H groups in total. The van der Waals surface area contributed by atoms with Gasteiger partial charge in [-0.05, 0) is 17.7 Å². The van der Waals surface area contributed by atoms with Crippen LogP contribution in [0.25, 0.3) is 0 Å². The molecule has 5 nitrogen and oxygen atoms in total. The van der Waals surface area contributed by atoms with Crippen molar-refractivity contribution in [2.75, 3.05) is 19.5 Å². The van der Waals surface area contributed by atoms with Gasteiger partial charge in [0.2, 0.25) is 0 Å². The van der Waals surface area contributed by atoms with Gasteiger partial charge in [-0.2, -0.15) is 0 Å². The standard InChI is InChI=1S/C14H17FO5S/c1-3-21(18,19)12-11(9-4-6-10(15)7-5-9)14(12,8-20-2)13(16)17/h4-7,11-12H,3,8H2,1-2H3,(H,16,17)/t11-,12-,14+/m0/s1. The Kier molecular flexibility index (Phi) is 4.08. The summed E-state index contributed by atoms with van der Waals surface area (Å²) in [7, 11) is -2.23. The topological polar surface area (TPSA) is 80.7 Å². The van der Waals surface area contributed by atoms with Crippen molar-refractivity contribution in [1.82, 2.24) is 0 Å². The normalized spacial score (nSPS) is 28.3. The monoisotopic (exact) mass is 316 g/mol. The minimum atomic E-state index is -3.56. The van der Waals surface area contributed by atoms with Gasteiger partial charge in [0.1, 0.15) is 11.2 Å². The van der Waals surface area contributed by atoms with Gasteiger partial charge in [-0.25, -0.2) is 12.8 Å². The molecule has 7 heteroatoms. The second-order valence-corrected chi connectivity index (χ2v) is 7.59. The summed E-state index contributed by atoms with van der Waals surface area (Å²) in [5.74, 6) is -2.53. The van der Waals surface area contributed by atoms with Crippen molar-refractivity contribution in [1.29, 1.82) is 0 Å². The van der Waals surface area contributed by atoms with E-state index in [1.54, 1.807) is 0 Å². The van der Waals surface area contributed by atoms with Gasteiger partial charge in [-0.15, -0.1) is 0 Å². The molecule has 1 aliphatic rings. The van der Waals surface area contributed by atoms with Crippen molar-refractivity contribution < 1.29 is 27.4 Å². The lowest BCUT2D eigenvalue weighted by atomic mass is 10.00. The first-order valence-corrected chi connectivity index (χ1v) is 8.22. The first-order valence-electron chi connectivity index (χ1n) is 6.50. The van der Waals surface area contributed by atoms with Crippen molar-refractivity contribution in [3.63, 3.8) is 0 Å². The summed E-state index contributed by atoms with van der Waals surface area (Å²) < 4.78 is 42.4. The maximum absolute atomic E-state index is 13.0. The van der Waals surface area contributed by atoms with Crippen LogP contribution >= 0.6 is 0 Å². The number of hydrogen-bond donors (Lipinski definition) is 1. The van der Waals surface area contributed by atoms with Crippen LogP contribution in [0.2, 0.25) is 0 Å². The zero-order valence-electron chi connectivity index (χ0n) is 11.7. The summed E-state index contributed by atoms with van der Waals surface area (Å²) in [5, 5.41) is 8.49. The highest BCUT2D eigenvalue weighted by Crippen LogP contribution is 2.63. The average Bonchev–Trinajstić information content (AvgIpc) is 3.11. The van der Waals surface area contributed by atoms with Gasteiger partial charge in [0, 0.05) is 18.8 Å². The van der Waals surface area contributed by atoms with Crippen molar-refractivity contribution in [2.45, 2.75) is 18.1 Å². The van der Waals surface area contributed by atoms with Gasteiger partial charge in [-0.3, -0.25) is 4.79 Å². The lowest BCUT2D eigenvalue weighted by Gasteiger charge is -2.11. The smallest absolute Gasteiger partial charge is 0.314 e. The predicted molar refractivity (Wildman–Crippen MR) is 74.3 cm³/mol. The minimum Gasteiger partial charge on any atom is -0.481 e. The lowest BCUT2D eigenvalue weighted by molar-refractivity contribution is -0.145. The van der Waals surface area contributed by atoms with Gasteiger partial charge < -0.3 is 9.84 Å². The molecular formula is C14H17FO5S. The molecule has 1 aromatic rings. The van der Waals surface area contributed by atoms with Gasteiger partial charge in [0.05, 0.1) is 11.9 Å². The highest BCUT2D eigenvalue weighted by molar-refractivity contribution is 7.92. The molecule has 0 aromatic heterocycles. The number of rotatable bonds is 6. The molecule has 21 heavy (non-hydrogen) atoms. The Bertz CT molecular complexity index is 640. The Morgan fingerprint density at radius 3 is 2.38 bits per heavy atom. The average molecular weight is 316 g/mol. The highest BCUT2D eigenvalue weighted by atomic mass is 32.2. The number of halogens is 1. The van der Waals surface area contributed by atoms with E-state index >= 15 is 0 Å². The van der Waals surface area contributed by atoms with Gasteiger partial charge in [-0.1, -0.05) is 19.1 Å². The number of ether oxygens (including phenoxy) is 1. The molecule has 0 amide bonds. The maximum Gasteiger partial charge on any atom is 0.314 e. The molecule has 1 saturated carbocycles. The van der Waals surface area contributed by atoms with Crippen molar-refractivity contribution >= 4 is 15.8 Å². The van der Waals surface area contributed by atoms with E-state index in [-0.39, 0.29) is 12.4 Å². The molecule has 0 bridgehead atoms. The summed E-state index contributed by atoms with van der Waals surface area (Å²) in [4.78, 5) is 11.7. The molecule has 1 aromatic carbocycles. The highest BCUT2D eigenvalue weighted by Gasteiger charge is 2.75. The number of sulfone groups is 1. The maximum atomic E-state index is 13.0. The van der Waals surface area contributed by atoms with Crippen LogP contribution in [0.5, 0.6) is 0 Å². The Balaban J connectivity index is 2.51. The van der Waals surface area contributed by atoms with E-state index in [0.29, 0.717) is 5.56 Å². The van der Waals surface area contributed by atoms with Crippen LogP contribution in [-0.2, 0) is 19.4 Å². The molecule has 2 rings (SSSR count). The minimum absolute atomic E-state index is 0.145. The van der Waals surface area contributed by atoms with Gasteiger partial charge in [0.25, 0.3) is 0 Å². The summed E-state index contributed by atoms with van der Waals surface area (Å²) in [6.45, 7) is 1.28. The Hall–Kier alpha value is -1.47. The van der Waals surface area contributed by atoms with Crippen molar-refractivity contribution in [2.24, 2.45) is 5.41 Å². The lowest BCUT2D eigenvalue weighted by Crippen LogP contribution is -2.29. The van der Waals surface area contributed by atoms with Crippen molar-refractivity contribution in [3.8, 4) is 0 Å². The molecule has 0 spiro atoms. The van der Waals surface area contributed by atoms with Crippen LogP contribution in [0, 0.1) is 11.2 Å². The van der Waals surface area contributed by atoms with Crippen molar-refractivity contribution in [3.05, 3.63) is 35.6 Å². The molecule has 0 heterocycles.